The average Bonchev–Trinajstić information content (AvgIpc) is 2.73. The van der Waals surface area contributed by atoms with E-state index in [9.17, 15) is 0 Å². The van der Waals surface area contributed by atoms with E-state index in [1.165, 1.54) is 49.9 Å². The van der Waals surface area contributed by atoms with E-state index in [-0.39, 0.29) is 0 Å². The lowest BCUT2D eigenvalue weighted by molar-refractivity contribution is 0.226. The van der Waals surface area contributed by atoms with Gasteiger partial charge in [0, 0.05) is 0 Å². The molecule has 3 rings (SSSR count). The number of hydrogen-bond acceptors (Lipinski definition) is 3. The summed E-state index contributed by atoms with van der Waals surface area (Å²) in [6.07, 6.45) is 5.28. The van der Waals surface area contributed by atoms with E-state index in [0.29, 0.717) is 0 Å². The van der Waals surface area contributed by atoms with E-state index in [2.05, 4.69) is 13.1 Å². The summed E-state index contributed by atoms with van der Waals surface area (Å²) < 4.78 is 19.3. The van der Waals surface area contributed by atoms with Gasteiger partial charge in [0.15, 0.2) is 0 Å². The summed E-state index contributed by atoms with van der Waals surface area (Å²) in [5.41, 5.74) is 0. The molecule has 3 aliphatic heterocycles. The highest BCUT2D eigenvalue weighted by Gasteiger charge is 2.60. The molecule has 6 heteroatoms. The van der Waals surface area contributed by atoms with Crippen LogP contribution in [0.5, 0.6) is 0 Å². The molecule has 0 atom stereocenters. The van der Waals surface area contributed by atoms with Gasteiger partial charge in [-0.25, -0.2) is 0 Å². The van der Waals surface area contributed by atoms with Crippen LogP contribution in [0.1, 0.15) is 25.7 Å². The van der Waals surface area contributed by atoms with Gasteiger partial charge >= 0.3 is 25.7 Å². The molecular weight excluding hydrogens is 252 g/mol. The van der Waals surface area contributed by atoms with Gasteiger partial charge in [0.05, 0.1) is 0 Å². The van der Waals surface area contributed by atoms with E-state index in [4.69, 9.17) is 12.3 Å². The predicted molar refractivity (Wildman–Crippen MR) is 69.9 cm³/mol. The van der Waals surface area contributed by atoms with Crippen molar-refractivity contribution in [2.75, 3.05) is 0 Å². The van der Waals surface area contributed by atoms with Gasteiger partial charge < -0.3 is 12.3 Å². The zero-order chi connectivity index (χ0) is 11.3. The third-order valence-corrected chi connectivity index (χ3v) is 18.3. The Morgan fingerprint density at radius 3 is 1.38 bits per heavy atom. The zero-order valence-electron chi connectivity index (χ0n) is 10.4. The Bertz CT molecular complexity index is 257. The van der Waals surface area contributed by atoms with Crippen LogP contribution < -0.4 is 0 Å². The quantitative estimate of drug-likeness (QED) is 0.635. The van der Waals surface area contributed by atoms with Gasteiger partial charge in [0.1, 0.15) is 0 Å². The van der Waals surface area contributed by atoms with E-state index in [1.807, 2.05) is 0 Å². The van der Waals surface area contributed by atoms with Gasteiger partial charge in [-0.3, -0.25) is 0 Å². The Balaban J connectivity index is 1.87. The second-order valence-corrected chi connectivity index (χ2v) is 16.8. The van der Waals surface area contributed by atoms with E-state index >= 15 is 0 Å². The molecule has 0 unspecified atom stereocenters. The van der Waals surface area contributed by atoms with E-state index in [0.717, 1.165) is 0 Å². The number of hydrogen-bond donors (Lipinski definition) is 0. The maximum absolute atomic E-state index is 6.59. The molecule has 0 bridgehead atoms. The van der Waals surface area contributed by atoms with Gasteiger partial charge in [-0.15, -0.1) is 0 Å². The van der Waals surface area contributed by atoms with Gasteiger partial charge in [-0.1, -0.05) is 25.7 Å². The van der Waals surface area contributed by atoms with E-state index in [1.54, 1.807) is 0 Å². The molecule has 0 radical (unpaired) electrons. The molecule has 0 aromatic carbocycles. The van der Waals surface area contributed by atoms with Crippen LogP contribution in [-0.4, -0.2) is 25.7 Å². The standard InChI is InChI=1S/C10H22O3Si3/c1-14(2)11-15(7-3-4-8-15)13-16(12-14)9-5-6-10-16/h3-10H2,1-2H3. The van der Waals surface area contributed by atoms with Crippen molar-refractivity contribution in [2.45, 2.75) is 63.0 Å². The second-order valence-electron chi connectivity index (χ2n) is 5.94. The molecule has 0 aromatic rings. The summed E-state index contributed by atoms with van der Waals surface area (Å²) in [4.78, 5) is 0. The van der Waals surface area contributed by atoms with Gasteiger partial charge in [-0.2, -0.15) is 0 Å². The summed E-state index contributed by atoms with van der Waals surface area (Å²) in [6.45, 7) is 4.46. The summed E-state index contributed by atoms with van der Waals surface area (Å²) >= 11 is 0. The maximum atomic E-state index is 6.59. The van der Waals surface area contributed by atoms with Crippen molar-refractivity contribution < 1.29 is 12.3 Å². The van der Waals surface area contributed by atoms with Crippen LogP contribution in [0.4, 0.5) is 0 Å². The van der Waals surface area contributed by atoms with Crippen LogP contribution in [0.15, 0.2) is 0 Å². The third-order valence-electron chi connectivity index (χ3n) is 3.97. The molecule has 0 saturated carbocycles. The van der Waals surface area contributed by atoms with Crippen molar-refractivity contribution in [3.63, 3.8) is 0 Å². The lowest BCUT2D eigenvalue weighted by atomic mass is 10.4. The minimum Gasteiger partial charge on any atom is -0.416 e. The molecule has 3 fully saturated rings. The zero-order valence-corrected chi connectivity index (χ0v) is 13.4. The largest absolute Gasteiger partial charge is 0.416 e. The van der Waals surface area contributed by atoms with Crippen molar-refractivity contribution in [1.82, 2.24) is 0 Å². The minimum absolute atomic E-state index is 1.24. The fourth-order valence-electron chi connectivity index (χ4n) is 3.53. The minimum atomic E-state index is -1.87. The first-order valence-corrected chi connectivity index (χ1v) is 13.9. The van der Waals surface area contributed by atoms with Crippen LogP contribution in [0.3, 0.4) is 0 Å². The topological polar surface area (TPSA) is 27.7 Å². The summed E-state index contributed by atoms with van der Waals surface area (Å²) in [5, 5.41) is 0. The lowest BCUT2D eigenvalue weighted by Crippen LogP contribution is -2.66. The van der Waals surface area contributed by atoms with Crippen LogP contribution in [0.25, 0.3) is 0 Å². The van der Waals surface area contributed by atoms with E-state index < -0.39 is 25.7 Å². The third kappa shape index (κ3) is 1.99. The summed E-state index contributed by atoms with van der Waals surface area (Å²) in [7, 11) is -5.45. The van der Waals surface area contributed by atoms with Crippen LogP contribution >= 0.6 is 0 Å². The summed E-state index contributed by atoms with van der Waals surface area (Å²) in [5.74, 6) is 0. The Labute approximate surface area is 101 Å². The van der Waals surface area contributed by atoms with Crippen LogP contribution in [-0.2, 0) is 12.3 Å². The van der Waals surface area contributed by atoms with Crippen molar-refractivity contribution >= 4 is 25.7 Å². The summed E-state index contributed by atoms with van der Waals surface area (Å²) in [6, 6.07) is 4.95. The Morgan fingerprint density at radius 2 is 1.00 bits per heavy atom. The highest BCUT2D eigenvalue weighted by atomic mass is 28.5. The first kappa shape index (κ1) is 11.6. The van der Waals surface area contributed by atoms with Crippen molar-refractivity contribution in [1.29, 1.82) is 0 Å². The van der Waals surface area contributed by atoms with Gasteiger partial charge in [0.25, 0.3) is 0 Å². The van der Waals surface area contributed by atoms with Crippen molar-refractivity contribution in [2.24, 2.45) is 0 Å². The van der Waals surface area contributed by atoms with Crippen LogP contribution in [0, 0.1) is 0 Å². The molecule has 0 aromatic heterocycles. The first-order valence-electron chi connectivity index (χ1n) is 6.64. The van der Waals surface area contributed by atoms with Gasteiger partial charge in [-0.05, 0) is 37.3 Å². The monoisotopic (exact) mass is 274 g/mol. The second kappa shape index (κ2) is 3.76. The predicted octanol–water partition coefficient (Wildman–Crippen LogP) is 3.22. The average molecular weight is 275 g/mol. The molecular formula is C10H22O3Si3. The Morgan fingerprint density at radius 1 is 0.625 bits per heavy atom. The smallest absolute Gasteiger partial charge is 0.320 e. The number of rotatable bonds is 0. The Kier molecular flexibility index (Phi) is 2.73. The SMILES string of the molecule is C[Si]1(C)O[Si]2(CCCC2)O[Si]2(CCCC2)O1. The maximum Gasteiger partial charge on any atom is 0.320 e. The van der Waals surface area contributed by atoms with Gasteiger partial charge in [0.2, 0.25) is 0 Å². The highest BCUT2D eigenvalue weighted by Crippen LogP contribution is 2.46. The highest BCUT2D eigenvalue weighted by molar-refractivity contribution is 6.94. The molecule has 2 spiro atoms. The first-order chi connectivity index (χ1) is 7.54. The normalized spacial score (nSPS) is 34.9. The molecule has 3 aliphatic rings. The fourth-order valence-corrected chi connectivity index (χ4v) is 22.0. The van der Waals surface area contributed by atoms with Crippen LogP contribution in [0.2, 0.25) is 37.3 Å². The molecule has 0 N–H and O–H groups in total. The van der Waals surface area contributed by atoms with Crippen molar-refractivity contribution in [3.05, 3.63) is 0 Å². The molecule has 92 valence electrons. The molecule has 16 heavy (non-hydrogen) atoms. The molecule has 0 aliphatic carbocycles. The molecule has 3 nitrogen and oxygen atoms in total. The Hall–Kier alpha value is 0.531. The van der Waals surface area contributed by atoms with Crippen molar-refractivity contribution in [3.8, 4) is 0 Å². The fraction of sp³-hybridized carbons (Fsp3) is 1.00. The lowest BCUT2D eigenvalue weighted by Gasteiger charge is -2.49. The molecule has 3 heterocycles. The molecule has 0 amide bonds. The molecule has 3 saturated heterocycles.